The topological polar surface area (TPSA) is 35.2 Å². The van der Waals surface area contributed by atoms with Crippen molar-refractivity contribution in [3.63, 3.8) is 0 Å². The maximum absolute atomic E-state index is 5.97. The number of hydrogen-bond acceptors (Lipinski definition) is 2. The Morgan fingerprint density at radius 3 is 2.77 bits per heavy atom. The van der Waals surface area contributed by atoms with E-state index in [1.54, 1.807) is 0 Å². The van der Waals surface area contributed by atoms with Crippen LogP contribution in [-0.2, 0) is 4.74 Å². The average molecular weight is 204 g/mol. The number of ether oxygens (including phenoxy) is 1. The van der Waals surface area contributed by atoms with Crippen molar-refractivity contribution < 1.29 is 4.74 Å². The summed E-state index contributed by atoms with van der Waals surface area (Å²) in [5, 5.41) is 0.552. The van der Waals surface area contributed by atoms with Gasteiger partial charge in [-0.25, -0.2) is 0 Å². The maximum Gasteiger partial charge on any atom is 0.0821 e. The number of nitrogens with two attached hydrogens (primary N) is 1. The van der Waals surface area contributed by atoms with Crippen molar-refractivity contribution >= 4 is 11.6 Å². The van der Waals surface area contributed by atoms with Gasteiger partial charge in [-0.15, -0.1) is 0 Å². The van der Waals surface area contributed by atoms with Crippen molar-refractivity contribution in [2.24, 2.45) is 5.73 Å². The molecule has 13 heavy (non-hydrogen) atoms. The summed E-state index contributed by atoms with van der Waals surface area (Å²) in [7, 11) is 0. The van der Waals surface area contributed by atoms with Crippen LogP contribution in [0.5, 0.6) is 0 Å². The lowest BCUT2D eigenvalue weighted by molar-refractivity contribution is 0.0485. The molecule has 0 spiro atoms. The summed E-state index contributed by atoms with van der Waals surface area (Å²) in [4.78, 5) is 0. The van der Waals surface area contributed by atoms with Gasteiger partial charge in [-0.2, -0.15) is 0 Å². The molecule has 1 rings (SSSR count). The molecule has 2 N–H and O–H groups in total. The highest BCUT2D eigenvalue weighted by Crippen LogP contribution is 2.19. The Balaban J connectivity index is 2.31. The van der Waals surface area contributed by atoms with E-state index in [0.717, 1.165) is 12.8 Å². The van der Waals surface area contributed by atoms with E-state index in [4.69, 9.17) is 22.1 Å². The maximum atomic E-state index is 5.97. The third kappa shape index (κ3) is 4.12. The largest absolute Gasteiger partial charge is 0.371 e. The van der Waals surface area contributed by atoms with Crippen LogP contribution in [0.1, 0.15) is 32.1 Å². The minimum absolute atomic E-state index is 0.179. The molecule has 0 saturated heterocycles. The van der Waals surface area contributed by atoms with Crippen LogP contribution in [-0.4, -0.2) is 18.8 Å². The van der Waals surface area contributed by atoms with Crippen molar-refractivity contribution in [1.82, 2.24) is 0 Å². The first-order valence-electron chi connectivity index (χ1n) is 4.90. The normalized spacial score (nSPS) is 29.7. The highest BCUT2D eigenvalue weighted by molar-refractivity contribution is 6.29. The van der Waals surface area contributed by atoms with Gasteiger partial charge < -0.3 is 10.5 Å². The summed E-state index contributed by atoms with van der Waals surface area (Å²) in [5.41, 5.74) is 5.97. The van der Waals surface area contributed by atoms with Crippen LogP contribution in [0.15, 0.2) is 11.6 Å². The molecule has 1 aliphatic carbocycles. The summed E-state index contributed by atoms with van der Waals surface area (Å²) >= 11 is 5.63. The summed E-state index contributed by atoms with van der Waals surface area (Å²) in [6, 6.07) is 0.179. The van der Waals surface area contributed by atoms with Gasteiger partial charge in [0.1, 0.15) is 0 Å². The van der Waals surface area contributed by atoms with E-state index in [2.05, 4.69) is 6.58 Å². The lowest BCUT2D eigenvalue weighted by Crippen LogP contribution is -2.35. The van der Waals surface area contributed by atoms with Crippen LogP contribution in [0, 0.1) is 0 Å². The third-order valence-electron chi connectivity index (χ3n) is 2.46. The zero-order valence-electron chi connectivity index (χ0n) is 7.97. The van der Waals surface area contributed by atoms with Gasteiger partial charge in [0, 0.05) is 11.1 Å². The van der Waals surface area contributed by atoms with Gasteiger partial charge in [0.15, 0.2) is 0 Å². The van der Waals surface area contributed by atoms with E-state index in [-0.39, 0.29) is 12.1 Å². The Morgan fingerprint density at radius 2 is 2.08 bits per heavy atom. The van der Waals surface area contributed by atoms with Crippen molar-refractivity contribution in [2.45, 2.75) is 44.2 Å². The molecule has 1 fully saturated rings. The Bertz CT molecular complexity index is 172. The quantitative estimate of drug-likeness (QED) is 0.716. The fraction of sp³-hybridized carbons (Fsp3) is 0.800. The second-order valence-electron chi connectivity index (χ2n) is 3.67. The first-order chi connectivity index (χ1) is 6.20. The average Bonchev–Trinajstić information content (AvgIpc) is 2.27. The first kappa shape index (κ1) is 11.0. The molecule has 0 amide bonds. The van der Waals surface area contributed by atoms with Crippen LogP contribution in [0.2, 0.25) is 0 Å². The lowest BCUT2D eigenvalue weighted by atomic mass is 10.1. The van der Waals surface area contributed by atoms with Gasteiger partial charge in [0.25, 0.3) is 0 Å². The first-order valence-corrected chi connectivity index (χ1v) is 5.28. The van der Waals surface area contributed by atoms with Crippen molar-refractivity contribution in [2.75, 3.05) is 6.61 Å². The minimum Gasteiger partial charge on any atom is -0.371 e. The molecule has 0 aliphatic heterocycles. The van der Waals surface area contributed by atoms with Crippen LogP contribution >= 0.6 is 11.6 Å². The van der Waals surface area contributed by atoms with Crippen LogP contribution < -0.4 is 5.73 Å². The molecule has 0 aromatic heterocycles. The molecule has 0 bridgehead atoms. The standard InChI is InChI=1S/C10H18ClNO/c1-8(11)7-13-10-6-4-2-3-5-9(10)12/h9-10H,1-7,12H2. The smallest absolute Gasteiger partial charge is 0.0821 e. The summed E-state index contributed by atoms with van der Waals surface area (Å²) in [6.45, 7) is 4.02. The number of rotatable bonds is 3. The molecule has 76 valence electrons. The van der Waals surface area contributed by atoms with E-state index in [9.17, 15) is 0 Å². The molecule has 1 saturated carbocycles. The molecule has 0 aromatic carbocycles. The highest BCUT2D eigenvalue weighted by Gasteiger charge is 2.20. The van der Waals surface area contributed by atoms with Gasteiger partial charge in [-0.3, -0.25) is 0 Å². The zero-order chi connectivity index (χ0) is 9.68. The molecule has 2 unspecified atom stereocenters. The molecule has 0 heterocycles. The zero-order valence-corrected chi connectivity index (χ0v) is 8.72. The lowest BCUT2D eigenvalue weighted by Gasteiger charge is -2.21. The van der Waals surface area contributed by atoms with Crippen LogP contribution in [0.25, 0.3) is 0 Å². The molecule has 0 radical (unpaired) electrons. The van der Waals surface area contributed by atoms with Gasteiger partial charge in [-0.05, 0) is 12.8 Å². The van der Waals surface area contributed by atoms with E-state index in [1.807, 2.05) is 0 Å². The molecule has 1 aliphatic rings. The van der Waals surface area contributed by atoms with Crippen molar-refractivity contribution in [3.8, 4) is 0 Å². The van der Waals surface area contributed by atoms with E-state index < -0.39 is 0 Å². The molecular weight excluding hydrogens is 186 g/mol. The molecular formula is C10H18ClNO. The molecule has 3 heteroatoms. The fourth-order valence-electron chi connectivity index (χ4n) is 1.71. The van der Waals surface area contributed by atoms with Crippen LogP contribution in [0.3, 0.4) is 0 Å². The Labute approximate surface area is 85.1 Å². The Hall–Kier alpha value is -0.0500. The summed E-state index contributed by atoms with van der Waals surface area (Å²) in [6.07, 6.45) is 6.02. The highest BCUT2D eigenvalue weighted by atomic mass is 35.5. The second kappa shape index (κ2) is 5.63. The predicted octanol–water partition coefficient (Wildman–Crippen LogP) is 2.42. The second-order valence-corrected chi connectivity index (χ2v) is 4.20. The molecule has 0 aromatic rings. The van der Waals surface area contributed by atoms with Gasteiger partial charge in [0.2, 0.25) is 0 Å². The third-order valence-corrected chi connectivity index (χ3v) is 2.57. The van der Waals surface area contributed by atoms with Crippen molar-refractivity contribution in [1.29, 1.82) is 0 Å². The summed E-state index contributed by atoms with van der Waals surface area (Å²) < 4.78 is 5.58. The van der Waals surface area contributed by atoms with Crippen molar-refractivity contribution in [3.05, 3.63) is 11.6 Å². The summed E-state index contributed by atoms with van der Waals surface area (Å²) in [5.74, 6) is 0. The Kier molecular flexibility index (Phi) is 4.78. The SMILES string of the molecule is C=C(Cl)COC1CCCCCC1N. The predicted molar refractivity (Wildman–Crippen MR) is 55.8 cm³/mol. The number of hydrogen-bond donors (Lipinski definition) is 1. The fourth-order valence-corrected chi connectivity index (χ4v) is 1.77. The van der Waals surface area contributed by atoms with Gasteiger partial charge in [-0.1, -0.05) is 37.4 Å². The molecule has 2 nitrogen and oxygen atoms in total. The minimum atomic E-state index is 0.179. The van der Waals surface area contributed by atoms with Gasteiger partial charge >= 0.3 is 0 Å². The number of halogens is 1. The van der Waals surface area contributed by atoms with Gasteiger partial charge in [0.05, 0.1) is 12.7 Å². The monoisotopic (exact) mass is 203 g/mol. The molecule has 2 atom stereocenters. The van der Waals surface area contributed by atoms with E-state index >= 15 is 0 Å². The van der Waals surface area contributed by atoms with E-state index in [0.29, 0.717) is 11.6 Å². The van der Waals surface area contributed by atoms with Crippen LogP contribution in [0.4, 0.5) is 0 Å². The van der Waals surface area contributed by atoms with E-state index in [1.165, 1.54) is 19.3 Å². The Morgan fingerprint density at radius 1 is 1.38 bits per heavy atom.